The first-order chi connectivity index (χ1) is 13.0. The molecular formula is C19H22N4O4. The molecule has 8 nitrogen and oxygen atoms in total. The number of piperazine rings is 1. The summed E-state index contributed by atoms with van der Waals surface area (Å²) < 4.78 is 5.30. The molecule has 2 N–H and O–H groups in total. The van der Waals surface area contributed by atoms with Crippen molar-refractivity contribution >= 4 is 23.4 Å². The average Bonchev–Trinajstić information content (AvgIpc) is 3.21. The molecule has 8 heteroatoms. The van der Waals surface area contributed by atoms with E-state index in [-0.39, 0.29) is 17.7 Å². The Hall–Kier alpha value is -3.29. The van der Waals surface area contributed by atoms with E-state index in [1.54, 1.807) is 46.3 Å². The molecule has 1 aromatic heterocycles. The van der Waals surface area contributed by atoms with Gasteiger partial charge in [-0.25, -0.2) is 0 Å². The van der Waals surface area contributed by atoms with E-state index in [1.165, 1.54) is 14.0 Å². The second-order valence-electron chi connectivity index (χ2n) is 6.26. The van der Waals surface area contributed by atoms with Crippen molar-refractivity contribution in [3.05, 3.63) is 47.8 Å². The van der Waals surface area contributed by atoms with Gasteiger partial charge in [-0.3, -0.25) is 14.4 Å². The van der Waals surface area contributed by atoms with Crippen LogP contribution in [-0.2, 0) is 4.79 Å². The molecule has 0 radical (unpaired) electrons. The Morgan fingerprint density at radius 2 is 1.70 bits per heavy atom. The maximum absolute atomic E-state index is 12.9. The Morgan fingerprint density at radius 1 is 1.04 bits per heavy atom. The third-order valence-corrected chi connectivity index (χ3v) is 4.43. The van der Waals surface area contributed by atoms with Gasteiger partial charge in [0.15, 0.2) is 0 Å². The SMILES string of the molecule is COc1ccc(NC(C)=O)cc1C(=O)N1CCN(C(=O)c2ccc[nH]2)CC1. The highest BCUT2D eigenvalue weighted by molar-refractivity contribution is 5.99. The summed E-state index contributed by atoms with van der Waals surface area (Å²) in [6.07, 6.45) is 1.71. The van der Waals surface area contributed by atoms with Gasteiger partial charge in [-0.15, -0.1) is 0 Å². The first kappa shape index (κ1) is 18.5. The zero-order chi connectivity index (χ0) is 19.4. The van der Waals surface area contributed by atoms with Crippen LogP contribution < -0.4 is 10.1 Å². The molecule has 0 aliphatic carbocycles. The lowest BCUT2D eigenvalue weighted by atomic mass is 10.1. The largest absolute Gasteiger partial charge is 0.496 e. The number of ether oxygens (including phenoxy) is 1. The molecule has 3 rings (SSSR count). The van der Waals surface area contributed by atoms with Crippen LogP contribution in [0.15, 0.2) is 36.5 Å². The number of carbonyl (C=O) groups is 3. The smallest absolute Gasteiger partial charge is 0.270 e. The fourth-order valence-electron chi connectivity index (χ4n) is 3.07. The molecule has 0 bridgehead atoms. The average molecular weight is 370 g/mol. The third kappa shape index (κ3) is 4.11. The third-order valence-electron chi connectivity index (χ3n) is 4.43. The minimum atomic E-state index is -0.213. The van der Waals surface area contributed by atoms with Gasteiger partial charge in [0.05, 0.1) is 12.7 Å². The van der Waals surface area contributed by atoms with Crippen LogP contribution in [0.2, 0.25) is 0 Å². The van der Waals surface area contributed by atoms with Crippen LogP contribution >= 0.6 is 0 Å². The summed E-state index contributed by atoms with van der Waals surface area (Å²) in [5, 5.41) is 2.67. The molecule has 3 amide bonds. The van der Waals surface area contributed by atoms with Crippen molar-refractivity contribution in [3.63, 3.8) is 0 Å². The van der Waals surface area contributed by atoms with Crippen LogP contribution in [0.25, 0.3) is 0 Å². The Morgan fingerprint density at radius 3 is 2.26 bits per heavy atom. The second-order valence-corrected chi connectivity index (χ2v) is 6.26. The number of anilines is 1. The minimum Gasteiger partial charge on any atom is -0.496 e. The maximum atomic E-state index is 12.9. The molecule has 0 atom stereocenters. The quantitative estimate of drug-likeness (QED) is 0.854. The highest BCUT2D eigenvalue weighted by Gasteiger charge is 2.27. The van der Waals surface area contributed by atoms with Crippen molar-refractivity contribution in [1.82, 2.24) is 14.8 Å². The number of hydrogen-bond donors (Lipinski definition) is 2. The standard InChI is InChI=1S/C19H22N4O4/c1-13(24)21-14-5-6-17(27-2)15(12-14)18(25)22-8-10-23(11-9-22)19(26)16-4-3-7-20-16/h3-7,12,20H,8-11H2,1-2H3,(H,21,24). The molecule has 2 heterocycles. The van der Waals surface area contributed by atoms with E-state index in [2.05, 4.69) is 10.3 Å². The number of methoxy groups -OCH3 is 1. The lowest BCUT2D eigenvalue weighted by Crippen LogP contribution is -2.50. The van der Waals surface area contributed by atoms with Crippen LogP contribution in [0, 0.1) is 0 Å². The lowest BCUT2D eigenvalue weighted by Gasteiger charge is -2.34. The van der Waals surface area contributed by atoms with Gasteiger partial charge in [-0.1, -0.05) is 0 Å². The van der Waals surface area contributed by atoms with E-state index in [0.29, 0.717) is 48.9 Å². The first-order valence-corrected chi connectivity index (χ1v) is 8.67. The van der Waals surface area contributed by atoms with Crippen molar-refractivity contribution in [2.75, 3.05) is 38.6 Å². The summed E-state index contributed by atoms with van der Waals surface area (Å²) in [5.41, 5.74) is 1.46. The molecule has 0 unspecified atom stereocenters. The molecule has 142 valence electrons. The highest BCUT2D eigenvalue weighted by atomic mass is 16.5. The number of rotatable bonds is 4. The number of amides is 3. The summed E-state index contributed by atoms with van der Waals surface area (Å²) in [6.45, 7) is 3.18. The fourth-order valence-corrected chi connectivity index (χ4v) is 3.07. The number of benzene rings is 1. The summed E-state index contributed by atoms with van der Waals surface area (Å²) in [6, 6.07) is 8.46. The molecule has 2 aromatic rings. The monoisotopic (exact) mass is 370 g/mol. The van der Waals surface area contributed by atoms with Crippen LogP contribution in [0.3, 0.4) is 0 Å². The molecule has 1 aliphatic heterocycles. The number of hydrogen-bond acceptors (Lipinski definition) is 4. The predicted molar refractivity (Wildman–Crippen MR) is 99.9 cm³/mol. The van der Waals surface area contributed by atoms with Gasteiger partial charge in [0.25, 0.3) is 11.8 Å². The number of carbonyl (C=O) groups excluding carboxylic acids is 3. The summed E-state index contributed by atoms with van der Waals surface area (Å²) >= 11 is 0. The number of aromatic amines is 1. The van der Waals surface area contributed by atoms with Gasteiger partial charge in [-0.05, 0) is 30.3 Å². The molecule has 1 fully saturated rings. The van der Waals surface area contributed by atoms with Gasteiger partial charge in [0.1, 0.15) is 11.4 Å². The van der Waals surface area contributed by atoms with Crippen molar-refractivity contribution in [3.8, 4) is 5.75 Å². The Labute approximate surface area is 157 Å². The number of nitrogens with zero attached hydrogens (tertiary/aromatic N) is 2. The van der Waals surface area contributed by atoms with Crippen LogP contribution in [0.4, 0.5) is 5.69 Å². The van der Waals surface area contributed by atoms with E-state index in [0.717, 1.165) is 0 Å². The molecule has 27 heavy (non-hydrogen) atoms. The zero-order valence-corrected chi connectivity index (χ0v) is 15.3. The topological polar surface area (TPSA) is 94.7 Å². The molecule has 0 spiro atoms. The van der Waals surface area contributed by atoms with Gasteiger partial charge in [0, 0.05) is 45.0 Å². The molecule has 0 saturated carbocycles. The molecule has 1 saturated heterocycles. The first-order valence-electron chi connectivity index (χ1n) is 8.67. The van der Waals surface area contributed by atoms with E-state index in [9.17, 15) is 14.4 Å². The minimum absolute atomic E-state index is 0.0719. The van der Waals surface area contributed by atoms with Crippen molar-refractivity contribution < 1.29 is 19.1 Å². The van der Waals surface area contributed by atoms with Crippen molar-refractivity contribution in [2.24, 2.45) is 0 Å². The van der Waals surface area contributed by atoms with Crippen LogP contribution in [0.1, 0.15) is 27.8 Å². The van der Waals surface area contributed by atoms with Crippen molar-refractivity contribution in [1.29, 1.82) is 0 Å². The molecule has 1 aliphatic rings. The summed E-state index contributed by atoms with van der Waals surface area (Å²) in [4.78, 5) is 42.9. The highest BCUT2D eigenvalue weighted by Crippen LogP contribution is 2.25. The number of nitrogens with one attached hydrogen (secondary N) is 2. The maximum Gasteiger partial charge on any atom is 0.270 e. The normalized spacial score (nSPS) is 14.0. The van der Waals surface area contributed by atoms with Gasteiger partial charge < -0.3 is 24.8 Å². The van der Waals surface area contributed by atoms with Crippen LogP contribution in [-0.4, -0.2) is 65.8 Å². The number of aromatic nitrogens is 1. The van der Waals surface area contributed by atoms with E-state index < -0.39 is 0 Å². The number of H-pyrrole nitrogens is 1. The van der Waals surface area contributed by atoms with Crippen molar-refractivity contribution in [2.45, 2.75) is 6.92 Å². The lowest BCUT2D eigenvalue weighted by molar-refractivity contribution is -0.114. The van der Waals surface area contributed by atoms with E-state index in [1.807, 2.05) is 0 Å². The molecule has 1 aromatic carbocycles. The molecular weight excluding hydrogens is 348 g/mol. The van der Waals surface area contributed by atoms with Crippen LogP contribution in [0.5, 0.6) is 5.75 Å². The zero-order valence-electron chi connectivity index (χ0n) is 15.3. The summed E-state index contributed by atoms with van der Waals surface area (Å²) in [7, 11) is 1.50. The Bertz CT molecular complexity index is 839. The van der Waals surface area contributed by atoms with E-state index in [4.69, 9.17) is 4.74 Å². The van der Waals surface area contributed by atoms with E-state index >= 15 is 0 Å². The van der Waals surface area contributed by atoms with Gasteiger partial charge in [-0.2, -0.15) is 0 Å². The van der Waals surface area contributed by atoms with Gasteiger partial charge >= 0.3 is 0 Å². The Kier molecular flexibility index (Phi) is 5.44. The summed E-state index contributed by atoms with van der Waals surface area (Å²) in [5.74, 6) is -0.0302. The predicted octanol–water partition coefficient (Wildman–Crippen LogP) is 1.58. The van der Waals surface area contributed by atoms with Gasteiger partial charge in [0.2, 0.25) is 5.91 Å². The second kappa shape index (κ2) is 7.94. The fraction of sp³-hybridized carbons (Fsp3) is 0.316. The Balaban J connectivity index is 1.70.